The molecule has 0 spiro atoms. The van der Waals surface area contributed by atoms with Crippen LogP contribution in [0, 0.1) is 0 Å². The Morgan fingerprint density at radius 2 is 1.06 bits per heavy atom. The Kier molecular flexibility index (Phi) is 38.8. The van der Waals surface area contributed by atoms with Crippen LogP contribution >= 0.6 is 0 Å². The topological polar surface area (TPSA) is 175 Å². The number of aliphatic hydroxyl groups excluding tert-OH is 5. The lowest BCUT2D eigenvalue weighted by molar-refractivity contribution is -0.302. The highest BCUT2D eigenvalue weighted by atomic mass is 16.7. The lowest BCUT2D eigenvalue weighted by Crippen LogP contribution is -2.60. The molecule has 1 fully saturated rings. The molecule has 11 nitrogen and oxygen atoms in total. The molecule has 0 aromatic rings. The number of hydrogen-bond acceptors (Lipinski definition) is 10. The number of hydrogen-bond donors (Lipinski definition) is 6. The minimum Gasteiger partial charge on any atom is -0.466 e. The first-order chi connectivity index (χ1) is 30.2. The number of esters is 1. The fourth-order valence-electron chi connectivity index (χ4n) is 7.60. The molecular weight excluding hydrogens is 787 g/mol. The lowest BCUT2D eigenvalue weighted by Gasteiger charge is -2.40. The molecular formula is C51H93NO10. The fraction of sp³-hybridized carbons (Fsp3) is 0.843. The summed E-state index contributed by atoms with van der Waals surface area (Å²) < 4.78 is 16.6. The molecule has 1 saturated heterocycles. The molecule has 62 heavy (non-hydrogen) atoms. The van der Waals surface area contributed by atoms with Gasteiger partial charge in [-0.1, -0.05) is 172 Å². The van der Waals surface area contributed by atoms with Gasteiger partial charge in [-0.3, -0.25) is 9.59 Å². The molecule has 6 N–H and O–H groups in total. The summed E-state index contributed by atoms with van der Waals surface area (Å²) in [4.78, 5) is 24.9. The molecule has 11 heteroatoms. The number of rotatable bonds is 42. The van der Waals surface area contributed by atoms with E-state index in [0.717, 1.165) is 70.6 Å². The molecule has 1 aliphatic rings. The minimum absolute atomic E-state index is 0.0359. The summed E-state index contributed by atoms with van der Waals surface area (Å²) in [5.74, 6) is -0.242. The second-order valence-electron chi connectivity index (χ2n) is 17.5. The predicted molar refractivity (Wildman–Crippen MR) is 251 cm³/mol. The van der Waals surface area contributed by atoms with Crippen molar-refractivity contribution in [1.29, 1.82) is 0 Å². The van der Waals surface area contributed by atoms with E-state index in [4.69, 9.17) is 14.2 Å². The number of carbonyl (C=O) groups is 2. The highest BCUT2D eigenvalue weighted by molar-refractivity contribution is 5.76. The van der Waals surface area contributed by atoms with E-state index >= 15 is 0 Å². The molecule has 7 unspecified atom stereocenters. The average molecular weight is 880 g/mol. The van der Waals surface area contributed by atoms with E-state index in [1.54, 1.807) is 6.08 Å². The molecule has 0 bridgehead atoms. The summed E-state index contributed by atoms with van der Waals surface area (Å²) >= 11 is 0. The molecule has 1 rings (SSSR count). The summed E-state index contributed by atoms with van der Waals surface area (Å²) in [6, 6.07) is -0.834. The monoisotopic (exact) mass is 880 g/mol. The summed E-state index contributed by atoms with van der Waals surface area (Å²) in [6.45, 7) is 4.18. The van der Waals surface area contributed by atoms with Crippen LogP contribution in [-0.2, 0) is 23.8 Å². The lowest BCUT2D eigenvalue weighted by atomic mass is 9.99. The van der Waals surface area contributed by atoms with Gasteiger partial charge in [-0.2, -0.15) is 0 Å². The van der Waals surface area contributed by atoms with Crippen LogP contribution in [0.1, 0.15) is 213 Å². The molecule has 0 aromatic carbocycles. The smallest absolute Gasteiger partial charge is 0.305 e. The Morgan fingerprint density at radius 1 is 0.581 bits per heavy atom. The third-order valence-corrected chi connectivity index (χ3v) is 11.7. The standard InChI is InChI=1S/C51H93NO10/c1-3-5-7-9-11-13-18-23-27-31-35-39-47(56)60-40-36-32-28-24-20-17-15-14-16-19-22-26-30-34-38-46(55)52-43(44(54)37-33-29-25-21-12-10-8-6-4-2)42-61-51-50(59)49(58)48(57)45(41-53)62-51/h9,11-12,21,33,37,43-45,48-51,53-54,57-59H,3-8,10,13-20,22-32,34-36,38-42H2,1-2H3,(H,52,55)/b11-9-,21-12+,37-33+. The molecule has 1 heterocycles. The van der Waals surface area contributed by atoms with E-state index in [0.29, 0.717) is 19.4 Å². The first-order valence-corrected chi connectivity index (χ1v) is 25.3. The van der Waals surface area contributed by atoms with Gasteiger partial charge in [0.2, 0.25) is 5.91 Å². The number of unbranched alkanes of at least 4 members (excludes halogenated alkanes) is 24. The maximum absolute atomic E-state index is 12.9. The van der Waals surface area contributed by atoms with Gasteiger partial charge in [0, 0.05) is 12.8 Å². The number of ether oxygens (including phenoxy) is 3. The van der Waals surface area contributed by atoms with Gasteiger partial charge < -0.3 is 45.1 Å². The minimum atomic E-state index is -1.58. The SMILES string of the molecule is CCCC/C=C\CCCCCCCC(=O)OCCCCCCCCCCCCCCCCC(=O)NC(COC1OC(CO)C(O)C(O)C1O)C(O)/C=C/CC/C=C/CCCCC. The van der Waals surface area contributed by atoms with Crippen LogP contribution in [0.15, 0.2) is 36.5 Å². The highest BCUT2D eigenvalue weighted by Crippen LogP contribution is 2.23. The maximum Gasteiger partial charge on any atom is 0.305 e. The van der Waals surface area contributed by atoms with Crippen molar-refractivity contribution in [1.82, 2.24) is 5.32 Å². The van der Waals surface area contributed by atoms with Crippen molar-refractivity contribution in [2.45, 2.75) is 256 Å². The Hall–Kier alpha value is -2.12. The fourth-order valence-corrected chi connectivity index (χ4v) is 7.60. The van der Waals surface area contributed by atoms with E-state index in [2.05, 4.69) is 43.5 Å². The van der Waals surface area contributed by atoms with Gasteiger partial charge in [-0.05, 0) is 64.2 Å². The molecule has 0 aromatic heterocycles. The Balaban J connectivity index is 2.14. The van der Waals surface area contributed by atoms with Crippen LogP contribution in [0.3, 0.4) is 0 Å². The molecule has 0 saturated carbocycles. The zero-order chi connectivity index (χ0) is 45.3. The van der Waals surface area contributed by atoms with Crippen molar-refractivity contribution >= 4 is 11.9 Å². The zero-order valence-electron chi connectivity index (χ0n) is 39.3. The summed E-state index contributed by atoms with van der Waals surface area (Å²) in [6.07, 6.45) is 38.0. The first kappa shape index (κ1) is 57.9. The number of aliphatic hydroxyl groups is 5. The largest absolute Gasteiger partial charge is 0.466 e. The number of allylic oxidation sites excluding steroid dienone is 5. The van der Waals surface area contributed by atoms with Crippen LogP contribution < -0.4 is 5.32 Å². The Morgan fingerprint density at radius 3 is 1.65 bits per heavy atom. The number of carbonyl (C=O) groups excluding carboxylic acids is 2. The van der Waals surface area contributed by atoms with Gasteiger partial charge in [0.25, 0.3) is 0 Å². The van der Waals surface area contributed by atoms with Gasteiger partial charge in [-0.15, -0.1) is 0 Å². The summed E-state index contributed by atoms with van der Waals surface area (Å²) in [5.41, 5.74) is 0. The van der Waals surface area contributed by atoms with E-state index < -0.39 is 49.5 Å². The second kappa shape index (κ2) is 41.6. The average Bonchev–Trinajstić information content (AvgIpc) is 3.27. The van der Waals surface area contributed by atoms with Crippen molar-refractivity contribution in [3.8, 4) is 0 Å². The van der Waals surface area contributed by atoms with Crippen molar-refractivity contribution in [2.24, 2.45) is 0 Å². The Bertz CT molecular complexity index is 1130. The van der Waals surface area contributed by atoms with E-state index in [-0.39, 0.29) is 18.5 Å². The van der Waals surface area contributed by atoms with Crippen molar-refractivity contribution < 1.29 is 49.3 Å². The van der Waals surface area contributed by atoms with Gasteiger partial charge in [0.05, 0.1) is 32.0 Å². The van der Waals surface area contributed by atoms with E-state index in [1.165, 1.54) is 116 Å². The second-order valence-corrected chi connectivity index (χ2v) is 17.5. The predicted octanol–water partition coefficient (Wildman–Crippen LogP) is 9.99. The number of nitrogens with one attached hydrogen (secondary N) is 1. The summed E-state index contributed by atoms with van der Waals surface area (Å²) in [5, 5.41) is 54.0. The number of amides is 1. The molecule has 0 radical (unpaired) electrons. The van der Waals surface area contributed by atoms with Crippen molar-refractivity contribution in [3.63, 3.8) is 0 Å². The Labute approximate surface area is 377 Å². The first-order valence-electron chi connectivity index (χ1n) is 25.3. The molecule has 7 atom stereocenters. The van der Waals surface area contributed by atoms with Crippen molar-refractivity contribution in [3.05, 3.63) is 36.5 Å². The van der Waals surface area contributed by atoms with Crippen LogP contribution in [0.4, 0.5) is 0 Å². The van der Waals surface area contributed by atoms with Crippen LogP contribution in [0.25, 0.3) is 0 Å². The molecule has 0 aliphatic carbocycles. The summed E-state index contributed by atoms with van der Waals surface area (Å²) in [7, 11) is 0. The maximum atomic E-state index is 12.9. The van der Waals surface area contributed by atoms with E-state index in [1.807, 2.05) is 6.08 Å². The third-order valence-electron chi connectivity index (χ3n) is 11.7. The molecule has 1 aliphatic heterocycles. The molecule has 1 amide bonds. The van der Waals surface area contributed by atoms with E-state index in [9.17, 15) is 35.1 Å². The van der Waals surface area contributed by atoms with Gasteiger partial charge in [0.15, 0.2) is 6.29 Å². The van der Waals surface area contributed by atoms with Gasteiger partial charge in [0.1, 0.15) is 24.4 Å². The van der Waals surface area contributed by atoms with Crippen molar-refractivity contribution in [2.75, 3.05) is 19.8 Å². The van der Waals surface area contributed by atoms with Crippen LogP contribution in [0.5, 0.6) is 0 Å². The quantitative estimate of drug-likeness (QED) is 0.0197. The highest BCUT2D eigenvalue weighted by Gasteiger charge is 2.44. The normalized spacial score (nSPS) is 20.4. The van der Waals surface area contributed by atoms with Crippen LogP contribution in [-0.4, -0.2) is 100 Å². The van der Waals surface area contributed by atoms with Gasteiger partial charge in [-0.25, -0.2) is 0 Å². The third kappa shape index (κ3) is 31.7. The zero-order valence-corrected chi connectivity index (χ0v) is 39.3. The van der Waals surface area contributed by atoms with Crippen LogP contribution in [0.2, 0.25) is 0 Å². The molecule has 362 valence electrons. The van der Waals surface area contributed by atoms with Gasteiger partial charge >= 0.3 is 5.97 Å².